The normalized spacial score (nSPS) is 18.1. The molecule has 0 saturated heterocycles. The lowest BCUT2D eigenvalue weighted by atomic mass is 9.66. The summed E-state index contributed by atoms with van der Waals surface area (Å²) < 4.78 is 2.00. The largest absolute Gasteiger partial charge is 0.396 e. The Morgan fingerprint density at radius 2 is 2.12 bits per heavy atom. The van der Waals surface area contributed by atoms with Crippen LogP contribution in [-0.2, 0) is 19.4 Å². The van der Waals surface area contributed by atoms with Gasteiger partial charge in [0.25, 0.3) is 0 Å². The summed E-state index contributed by atoms with van der Waals surface area (Å²) in [6.45, 7) is 5.26. The molecule has 0 aromatic carbocycles. The van der Waals surface area contributed by atoms with Gasteiger partial charge in [-0.05, 0) is 38.0 Å². The van der Waals surface area contributed by atoms with E-state index in [1.165, 1.54) is 6.42 Å². The Bertz CT molecular complexity index is 391. The highest BCUT2D eigenvalue weighted by Crippen LogP contribution is 2.44. The van der Waals surface area contributed by atoms with Gasteiger partial charge in [0.2, 0.25) is 0 Å². The van der Waals surface area contributed by atoms with Crippen LogP contribution in [0.3, 0.4) is 0 Å². The molecule has 0 aliphatic heterocycles. The molecule has 1 heterocycles. The van der Waals surface area contributed by atoms with Gasteiger partial charge in [0.15, 0.2) is 0 Å². The fourth-order valence-electron chi connectivity index (χ4n) is 2.61. The molecule has 0 radical (unpaired) electrons. The van der Waals surface area contributed by atoms with Gasteiger partial charge in [0.05, 0.1) is 16.4 Å². The molecular weight excluding hydrogens is 236 g/mol. The lowest BCUT2D eigenvalue weighted by Crippen LogP contribution is -2.36. The number of aromatic nitrogens is 2. The summed E-state index contributed by atoms with van der Waals surface area (Å²) in [4.78, 5) is 0. The van der Waals surface area contributed by atoms with Crippen LogP contribution in [0.15, 0.2) is 0 Å². The third-order valence-corrected chi connectivity index (χ3v) is 4.42. The van der Waals surface area contributed by atoms with Crippen molar-refractivity contribution in [2.75, 3.05) is 6.61 Å². The molecule has 96 valence electrons. The average Bonchev–Trinajstić information content (AvgIpc) is 2.60. The Morgan fingerprint density at radius 1 is 1.41 bits per heavy atom. The Kier molecular flexibility index (Phi) is 3.79. The number of aliphatic hydroxyl groups is 1. The molecule has 2 rings (SSSR count). The second kappa shape index (κ2) is 4.99. The molecule has 4 heteroatoms. The second-order valence-electron chi connectivity index (χ2n) is 5.07. The van der Waals surface area contributed by atoms with Crippen LogP contribution in [0.4, 0.5) is 0 Å². The van der Waals surface area contributed by atoms with Crippen molar-refractivity contribution in [3.63, 3.8) is 0 Å². The maximum absolute atomic E-state index is 9.54. The third kappa shape index (κ3) is 2.23. The van der Waals surface area contributed by atoms with Gasteiger partial charge < -0.3 is 5.11 Å². The molecule has 3 nitrogen and oxygen atoms in total. The van der Waals surface area contributed by atoms with Crippen molar-refractivity contribution in [1.82, 2.24) is 9.78 Å². The molecule has 0 atom stereocenters. The van der Waals surface area contributed by atoms with E-state index in [2.05, 4.69) is 18.9 Å². The van der Waals surface area contributed by atoms with Crippen LogP contribution >= 0.6 is 11.6 Å². The first-order chi connectivity index (χ1) is 8.15. The summed E-state index contributed by atoms with van der Waals surface area (Å²) in [6.07, 6.45) is 5.17. The first kappa shape index (κ1) is 12.9. The van der Waals surface area contributed by atoms with Crippen molar-refractivity contribution in [2.24, 2.45) is 5.41 Å². The maximum atomic E-state index is 9.54. The molecule has 0 bridgehead atoms. The van der Waals surface area contributed by atoms with Gasteiger partial charge >= 0.3 is 0 Å². The van der Waals surface area contributed by atoms with Crippen molar-refractivity contribution in [2.45, 2.75) is 52.5 Å². The van der Waals surface area contributed by atoms with Crippen molar-refractivity contribution in [1.29, 1.82) is 0 Å². The number of aliphatic hydroxyl groups excluding tert-OH is 1. The first-order valence-corrected chi connectivity index (χ1v) is 6.88. The van der Waals surface area contributed by atoms with E-state index in [1.807, 2.05) is 4.68 Å². The highest BCUT2D eigenvalue weighted by atomic mass is 35.5. The molecule has 1 aromatic rings. The number of aryl methyl sites for hydroxylation is 2. The van der Waals surface area contributed by atoms with E-state index in [0.717, 1.165) is 48.6 Å². The van der Waals surface area contributed by atoms with Gasteiger partial charge in [-0.2, -0.15) is 5.10 Å². The summed E-state index contributed by atoms with van der Waals surface area (Å²) in [7, 11) is 0. The lowest BCUT2D eigenvalue weighted by molar-refractivity contribution is 0.0431. The SMILES string of the molecule is CCc1nn(CC)c(CC2(CO)CCC2)c1Cl. The summed E-state index contributed by atoms with van der Waals surface area (Å²) in [5.74, 6) is 0. The fraction of sp³-hybridized carbons (Fsp3) is 0.769. The molecule has 0 unspecified atom stereocenters. The standard InChI is InChI=1S/C13H21ClN2O/c1-3-10-12(14)11(16(4-2)15-10)8-13(9-17)6-5-7-13/h17H,3-9H2,1-2H3. The van der Waals surface area contributed by atoms with Crippen LogP contribution in [-0.4, -0.2) is 21.5 Å². The number of hydrogen-bond donors (Lipinski definition) is 1. The Balaban J connectivity index is 2.27. The maximum Gasteiger partial charge on any atom is 0.0850 e. The van der Waals surface area contributed by atoms with Crippen LogP contribution in [0, 0.1) is 5.41 Å². The molecule has 1 fully saturated rings. The molecule has 0 spiro atoms. The van der Waals surface area contributed by atoms with Crippen LogP contribution < -0.4 is 0 Å². The minimum Gasteiger partial charge on any atom is -0.396 e. The zero-order chi connectivity index (χ0) is 12.5. The van der Waals surface area contributed by atoms with E-state index in [0.29, 0.717) is 0 Å². The smallest absolute Gasteiger partial charge is 0.0850 e. The van der Waals surface area contributed by atoms with E-state index in [9.17, 15) is 5.11 Å². The van der Waals surface area contributed by atoms with Gasteiger partial charge in [-0.3, -0.25) is 4.68 Å². The lowest BCUT2D eigenvalue weighted by Gasteiger charge is -2.40. The van der Waals surface area contributed by atoms with Gasteiger partial charge in [0.1, 0.15) is 0 Å². The average molecular weight is 257 g/mol. The van der Waals surface area contributed by atoms with Crippen molar-refractivity contribution < 1.29 is 5.11 Å². The third-order valence-electron chi connectivity index (χ3n) is 3.99. The fourth-order valence-corrected chi connectivity index (χ4v) is 2.94. The quantitative estimate of drug-likeness (QED) is 0.880. The van der Waals surface area contributed by atoms with E-state index < -0.39 is 0 Å². The van der Waals surface area contributed by atoms with Gasteiger partial charge in [-0.1, -0.05) is 24.9 Å². The monoisotopic (exact) mass is 256 g/mol. The van der Waals surface area contributed by atoms with Crippen molar-refractivity contribution >= 4 is 11.6 Å². The predicted octanol–water partition coefficient (Wildman–Crippen LogP) is 2.82. The Morgan fingerprint density at radius 3 is 2.53 bits per heavy atom. The van der Waals surface area contributed by atoms with Gasteiger partial charge in [0, 0.05) is 13.2 Å². The van der Waals surface area contributed by atoms with Crippen LogP contribution in [0.25, 0.3) is 0 Å². The van der Waals surface area contributed by atoms with E-state index in [-0.39, 0.29) is 12.0 Å². The molecule has 1 N–H and O–H groups in total. The van der Waals surface area contributed by atoms with Crippen LogP contribution in [0.1, 0.15) is 44.5 Å². The number of halogens is 1. The number of hydrogen-bond acceptors (Lipinski definition) is 2. The zero-order valence-electron chi connectivity index (χ0n) is 10.7. The Labute approximate surface area is 108 Å². The molecule has 0 amide bonds. The summed E-state index contributed by atoms with van der Waals surface area (Å²) in [6, 6.07) is 0. The van der Waals surface area contributed by atoms with Crippen LogP contribution in [0.2, 0.25) is 5.02 Å². The van der Waals surface area contributed by atoms with Gasteiger partial charge in [-0.25, -0.2) is 0 Å². The second-order valence-corrected chi connectivity index (χ2v) is 5.44. The molecule has 1 saturated carbocycles. The van der Waals surface area contributed by atoms with Gasteiger partial charge in [-0.15, -0.1) is 0 Å². The Hall–Kier alpha value is -0.540. The number of rotatable bonds is 5. The number of nitrogens with zero attached hydrogens (tertiary/aromatic N) is 2. The molecular formula is C13H21ClN2O. The van der Waals surface area contributed by atoms with E-state index in [1.54, 1.807) is 0 Å². The molecule has 17 heavy (non-hydrogen) atoms. The van der Waals surface area contributed by atoms with E-state index >= 15 is 0 Å². The highest BCUT2D eigenvalue weighted by Gasteiger charge is 2.38. The highest BCUT2D eigenvalue weighted by molar-refractivity contribution is 6.31. The molecule has 1 aliphatic rings. The molecule has 1 aliphatic carbocycles. The van der Waals surface area contributed by atoms with Crippen molar-refractivity contribution in [3.05, 3.63) is 16.4 Å². The summed E-state index contributed by atoms with van der Waals surface area (Å²) in [5, 5.41) is 14.9. The van der Waals surface area contributed by atoms with Crippen molar-refractivity contribution in [3.8, 4) is 0 Å². The first-order valence-electron chi connectivity index (χ1n) is 6.50. The minimum atomic E-state index is 0.0710. The summed E-state index contributed by atoms with van der Waals surface area (Å²) >= 11 is 6.39. The van der Waals surface area contributed by atoms with Crippen LogP contribution in [0.5, 0.6) is 0 Å². The molecule has 1 aromatic heterocycles. The zero-order valence-corrected chi connectivity index (χ0v) is 11.4. The topological polar surface area (TPSA) is 38.0 Å². The van der Waals surface area contributed by atoms with E-state index in [4.69, 9.17) is 11.6 Å². The summed E-state index contributed by atoms with van der Waals surface area (Å²) in [5.41, 5.74) is 2.16. The predicted molar refractivity (Wildman–Crippen MR) is 69.4 cm³/mol. The minimum absolute atomic E-state index is 0.0710.